The smallest absolute Gasteiger partial charge is 0.330 e. The first-order chi connectivity index (χ1) is 13.0. The predicted octanol–water partition coefficient (Wildman–Crippen LogP) is 3.68. The molecule has 0 radical (unpaired) electrons. The molecule has 1 aromatic heterocycles. The molecule has 0 spiro atoms. The van der Waals surface area contributed by atoms with Crippen LogP contribution < -0.4 is 10.1 Å². The van der Waals surface area contributed by atoms with Gasteiger partial charge in [-0.2, -0.15) is 0 Å². The Morgan fingerprint density at radius 3 is 2.56 bits per heavy atom. The summed E-state index contributed by atoms with van der Waals surface area (Å²) >= 11 is 1.22. The molecule has 0 saturated carbocycles. The number of aryl methyl sites for hydroxylation is 1. The lowest BCUT2D eigenvalue weighted by Crippen LogP contribution is -2.33. The first kappa shape index (κ1) is 18.6. The van der Waals surface area contributed by atoms with E-state index < -0.39 is 17.9 Å². The first-order valence-corrected chi connectivity index (χ1v) is 9.01. The average molecular weight is 382 g/mol. The summed E-state index contributed by atoms with van der Waals surface area (Å²) in [6, 6.07) is 14.9. The summed E-state index contributed by atoms with van der Waals surface area (Å²) in [6.07, 6.45) is 0. The Balaban J connectivity index is 1.86. The monoisotopic (exact) mass is 382 g/mol. The molecule has 1 heterocycles. The second-order valence-electron chi connectivity index (χ2n) is 5.82. The molecular formula is C20H18N2O4S. The number of benzene rings is 2. The van der Waals surface area contributed by atoms with Gasteiger partial charge in [0.1, 0.15) is 15.6 Å². The van der Waals surface area contributed by atoms with Crippen LogP contribution in [0.4, 0.5) is 0 Å². The van der Waals surface area contributed by atoms with Crippen LogP contribution in [-0.2, 0) is 4.79 Å². The van der Waals surface area contributed by atoms with Crippen LogP contribution in [0, 0.1) is 6.92 Å². The highest BCUT2D eigenvalue weighted by Crippen LogP contribution is 2.30. The van der Waals surface area contributed by atoms with Crippen LogP contribution in [0.3, 0.4) is 0 Å². The molecule has 27 heavy (non-hydrogen) atoms. The molecule has 3 rings (SSSR count). The standard InChI is InChI=1S/C20H18N2O4S/c1-12-17(27-19(21-12)14-9-6-10-15(11-14)26-2)18(23)22-16(20(24)25)13-7-4-3-5-8-13/h3-11,16H,1-2H3,(H,22,23)(H,24,25). The highest BCUT2D eigenvalue weighted by atomic mass is 32.1. The van der Waals surface area contributed by atoms with E-state index in [2.05, 4.69) is 10.3 Å². The number of rotatable bonds is 6. The van der Waals surface area contributed by atoms with Crippen molar-refractivity contribution in [1.82, 2.24) is 10.3 Å². The van der Waals surface area contributed by atoms with Gasteiger partial charge in [-0.05, 0) is 24.6 Å². The number of carbonyl (C=O) groups is 2. The minimum Gasteiger partial charge on any atom is -0.497 e. The number of aromatic nitrogens is 1. The fourth-order valence-electron chi connectivity index (χ4n) is 2.62. The highest BCUT2D eigenvalue weighted by Gasteiger charge is 2.25. The number of nitrogens with one attached hydrogen (secondary N) is 1. The van der Waals surface area contributed by atoms with Crippen molar-refractivity contribution in [1.29, 1.82) is 0 Å². The van der Waals surface area contributed by atoms with Crippen LogP contribution in [0.2, 0.25) is 0 Å². The number of ether oxygens (including phenoxy) is 1. The lowest BCUT2D eigenvalue weighted by molar-refractivity contribution is -0.139. The summed E-state index contributed by atoms with van der Waals surface area (Å²) in [5, 5.41) is 12.7. The van der Waals surface area contributed by atoms with E-state index in [4.69, 9.17) is 4.74 Å². The largest absolute Gasteiger partial charge is 0.497 e. The Labute approximate surface area is 160 Å². The highest BCUT2D eigenvalue weighted by molar-refractivity contribution is 7.17. The van der Waals surface area contributed by atoms with Crippen molar-refractivity contribution in [2.24, 2.45) is 0 Å². The SMILES string of the molecule is COc1cccc(-c2nc(C)c(C(=O)NC(C(=O)O)c3ccccc3)s2)c1. The number of carbonyl (C=O) groups excluding carboxylic acids is 1. The number of aliphatic carboxylic acids is 1. The first-order valence-electron chi connectivity index (χ1n) is 8.20. The maximum Gasteiger partial charge on any atom is 0.330 e. The summed E-state index contributed by atoms with van der Waals surface area (Å²) in [5.41, 5.74) is 1.89. The van der Waals surface area contributed by atoms with Gasteiger partial charge in [0.25, 0.3) is 5.91 Å². The van der Waals surface area contributed by atoms with E-state index >= 15 is 0 Å². The van der Waals surface area contributed by atoms with E-state index in [0.29, 0.717) is 26.9 Å². The third-order valence-corrected chi connectivity index (χ3v) is 5.18. The van der Waals surface area contributed by atoms with Gasteiger partial charge >= 0.3 is 5.97 Å². The molecule has 1 atom stereocenters. The quantitative estimate of drug-likeness (QED) is 0.679. The number of methoxy groups -OCH3 is 1. The van der Waals surface area contributed by atoms with Gasteiger partial charge in [-0.1, -0.05) is 42.5 Å². The van der Waals surface area contributed by atoms with Crippen LogP contribution in [0.25, 0.3) is 10.6 Å². The van der Waals surface area contributed by atoms with Crippen molar-refractivity contribution >= 4 is 23.2 Å². The van der Waals surface area contributed by atoms with Crippen LogP contribution in [0.15, 0.2) is 54.6 Å². The van der Waals surface area contributed by atoms with E-state index in [1.807, 2.05) is 24.3 Å². The van der Waals surface area contributed by atoms with Crippen molar-refractivity contribution in [2.75, 3.05) is 7.11 Å². The minimum absolute atomic E-state index is 0.384. The fraction of sp³-hybridized carbons (Fsp3) is 0.150. The van der Waals surface area contributed by atoms with Crippen molar-refractivity contribution in [3.05, 3.63) is 70.7 Å². The maximum absolute atomic E-state index is 12.7. The maximum atomic E-state index is 12.7. The van der Waals surface area contributed by atoms with Crippen LogP contribution >= 0.6 is 11.3 Å². The number of thiazole rings is 1. The Morgan fingerprint density at radius 1 is 1.15 bits per heavy atom. The van der Waals surface area contributed by atoms with E-state index in [9.17, 15) is 14.7 Å². The molecule has 0 aliphatic heterocycles. The number of carboxylic acid groups (broad SMARTS) is 1. The van der Waals surface area contributed by atoms with Gasteiger partial charge in [0, 0.05) is 5.56 Å². The van der Waals surface area contributed by atoms with Crippen LogP contribution in [0.1, 0.15) is 27.0 Å². The molecule has 0 bridgehead atoms. The molecule has 0 fully saturated rings. The number of carboxylic acids is 1. The number of hydrogen-bond acceptors (Lipinski definition) is 5. The number of nitrogens with zero attached hydrogens (tertiary/aromatic N) is 1. The van der Waals surface area contributed by atoms with Gasteiger partial charge in [-0.15, -0.1) is 11.3 Å². The molecule has 0 saturated heterocycles. The molecule has 3 aromatic rings. The van der Waals surface area contributed by atoms with Crippen molar-refractivity contribution in [3.63, 3.8) is 0 Å². The van der Waals surface area contributed by atoms with Gasteiger partial charge in [0.05, 0.1) is 12.8 Å². The molecule has 0 aliphatic carbocycles. The van der Waals surface area contributed by atoms with Crippen molar-refractivity contribution in [2.45, 2.75) is 13.0 Å². The lowest BCUT2D eigenvalue weighted by Gasteiger charge is -2.14. The molecule has 6 nitrogen and oxygen atoms in total. The molecule has 2 N–H and O–H groups in total. The topological polar surface area (TPSA) is 88.5 Å². The molecule has 1 unspecified atom stereocenters. The fourth-order valence-corrected chi connectivity index (χ4v) is 3.58. The normalized spacial score (nSPS) is 11.6. The van der Waals surface area contributed by atoms with Gasteiger partial charge in [-0.25, -0.2) is 9.78 Å². The van der Waals surface area contributed by atoms with Crippen molar-refractivity contribution < 1.29 is 19.4 Å². The Bertz CT molecular complexity index is 969. The summed E-state index contributed by atoms with van der Waals surface area (Å²) in [4.78, 5) is 29.1. The Hall–Kier alpha value is -3.19. The number of hydrogen-bond donors (Lipinski definition) is 2. The average Bonchev–Trinajstić information content (AvgIpc) is 3.08. The van der Waals surface area contributed by atoms with E-state index in [-0.39, 0.29) is 0 Å². The molecule has 0 aliphatic rings. The predicted molar refractivity (Wildman–Crippen MR) is 103 cm³/mol. The second kappa shape index (κ2) is 8.01. The number of amides is 1. The van der Waals surface area contributed by atoms with Crippen LogP contribution in [-0.4, -0.2) is 29.1 Å². The third kappa shape index (κ3) is 4.15. The van der Waals surface area contributed by atoms with E-state index in [1.54, 1.807) is 44.4 Å². The third-order valence-electron chi connectivity index (χ3n) is 3.97. The van der Waals surface area contributed by atoms with Crippen molar-refractivity contribution in [3.8, 4) is 16.3 Å². The second-order valence-corrected chi connectivity index (χ2v) is 6.82. The summed E-state index contributed by atoms with van der Waals surface area (Å²) in [5.74, 6) is -0.887. The molecule has 7 heteroatoms. The summed E-state index contributed by atoms with van der Waals surface area (Å²) < 4.78 is 5.22. The zero-order chi connectivity index (χ0) is 19.4. The molecule has 2 aromatic carbocycles. The van der Waals surface area contributed by atoms with Crippen LogP contribution in [0.5, 0.6) is 5.75 Å². The minimum atomic E-state index is -1.12. The summed E-state index contributed by atoms with van der Waals surface area (Å²) in [7, 11) is 1.58. The zero-order valence-electron chi connectivity index (χ0n) is 14.8. The molecule has 138 valence electrons. The van der Waals surface area contributed by atoms with Gasteiger partial charge in [-0.3, -0.25) is 4.79 Å². The molecule has 1 amide bonds. The van der Waals surface area contributed by atoms with Gasteiger partial charge in [0.2, 0.25) is 0 Å². The lowest BCUT2D eigenvalue weighted by atomic mass is 10.1. The van der Waals surface area contributed by atoms with Gasteiger partial charge in [0.15, 0.2) is 6.04 Å². The summed E-state index contributed by atoms with van der Waals surface area (Å²) in [6.45, 7) is 1.73. The van der Waals surface area contributed by atoms with Gasteiger partial charge < -0.3 is 15.2 Å². The zero-order valence-corrected chi connectivity index (χ0v) is 15.6. The Kier molecular flexibility index (Phi) is 5.52. The Morgan fingerprint density at radius 2 is 1.89 bits per heavy atom. The van der Waals surface area contributed by atoms with E-state index in [1.165, 1.54) is 11.3 Å². The molecular weight excluding hydrogens is 364 g/mol. The van der Waals surface area contributed by atoms with E-state index in [0.717, 1.165) is 5.56 Å².